The second-order valence-corrected chi connectivity index (χ2v) is 6.47. The van der Waals surface area contributed by atoms with Crippen LogP contribution in [0.25, 0.3) is 22.4 Å². The number of amides is 1. The van der Waals surface area contributed by atoms with E-state index in [9.17, 15) is 4.79 Å². The van der Waals surface area contributed by atoms with Crippen LogP contribution in [-0.2, 0) is 4.79 Å². The minimum absolute atomic E-state index is 0.0112. The number of aromatic nitrogens is 2. The summed E-state index contributed by atoms with van der Waals surface area (Å²) in [5.74, 6) is 2.49. The van der Waals surface area contributed by atoms with E-state index in [1.165, 1.54) is 0 Å². The van der Waals surface area contributed by atoms with E-state index in [4.69, 9.17) is 0 Å². The first-order chi connectivity index (χ1) is 11.3. The number of fused-ring (bicyclic) bond motifs is 1. The molecule has 1 fully saturated rings. The van der Waals surface area contributed by atoms with Crippen molar-refractivity contribution in [3.05, 3.63) is 48.5 Å². The van der Waals surface area contributed by atoms with Crippen LogP contribution in [-0.4, -0.2) is 33.5 Å². The Morgan fingerprint density at radius 2 is 2.09 bits per heavy atom. The second kappa shape index (κ2) is 6.06. The summed E-state index contributed by atoms with van der Waals surface area (Å²) in [6.07, 6.45) is 0. The molecule has 1 unspecified atom stereocenters. The van der Waals surface area contributed by atoms with Crippen LogP contribution < -0.4 is 10.6 Å². The summed E-state index contributed by atoms with van der Waals surface area (Å²) in [6.45, 7) is 0. The topological polar surface area (TPSA) is 69.8 Å². The highest BCUT2D eigenvalue weighted by molar-refractivity contribution is 7.99. The lowest BCUT2D eigenvalue weighted by molar-refractivity contribution is -0.117. The Labute approximate surface area is 137 Å². The number of imidazole rings is 1. The molecule has 1 atom stereocenters. The van der Waals surface area contributed by atoms with Crippen molar-refractivity contribution in [3.63, 3.8) is 0 Å². The standard InChI is InChI=1S/C17H16N4OS/c22-17(15-9-23-10-18-15)19-12-6-7-13-14(8-12)21-16(20-13)11-4-2-1-3-5-11/h1-8,15,18H,9-10H2,(H,19,22)(H,20,21). The van der Waals surface area contributed by atoms with E-state index in [0.717, 1.165) is 39.7 Å². The third-order valence-corrected chi connectivity index (χ3v) is 4.77. The van der Waals surface area contributed by atoms with Crippen molar-refractivity contribution in [2.75, 3.05) is 16.9 Å². The third kappa shape index (κ3) is 2.95. The highest BCUT2D eigenvalue weighted by atomic mass is 32.2. The predicted octanol–water partition coefficient (Wildman–Crippen LogP) is 2.83. The third-order valence-electron chi connectivity index (χ3n) is 3.83. The van der Waals surface area contributed by atoms with Crippen molar-refractivity contribution in [3.8, 4) is 11.4 Å². The molecule has 1 amide bonds. The van der Waals surface area contributed by atoms with E-state index < -0.39 is 0 Å². The van der Waals surface area contributed by atoms with E-state index in [-0.39, 0.29) is 11.9 Å². The normalized spacial score (nSPS) is 17.5. The van der Waals surface area contributed by atoms with E-state index in [0.29, 0.717) is 0 Å². The number of thioether (sulfide) groups is 1. The molecule has 116 valence electrons. The number of H-pyrrole nitrogens is 1. The SMILES string of the molecule is O=C(Nc1ccc2nc(-c3ccccc3)[nH]c2c1)C1CSCN1. The number of rotatable bonds is 3. The monoisotopic (exact) mass is 324 g/mol. The van der Waals surface area contributed by atoms with E-state index >= 15 is 0 Å². The van der Waals surface area contributed by atoms with Gasteiger partial charge in [0.1, 0.15) is 5.82 Å². The van der Waals surface area contributed by atoms with Gasteiger partial charge in [0.2, 0.25) is 5.91 Å². The minimum Gasteiger partial charge on any atom is -0.338 e. The zero-order valence-electron chi connectivity index (χ0n) is 12.4. The Balaban J connectivity index is 1.59. The van der Waals surface area contributed by atoms with E-state index in [1.54, 1.807) is 11.8 Å². The zero-order chi connectivity index (χ0) is 15.6. The van der Waals surface area contributed by atoms with Crippen molar-refractivity contribution in [1.29, 1.82) is 0 Å². The molecule has 23 heavy (non-hydrogen) atoms. The summed E-state index contributed by atoms with van der Waals surface area (Å²) in [4.78, 5) is 20.1. The summed E-state index contributed by atoms with van der Waals surface area (Å²) < 4.78 is 0. The molecule has 4 rings (SSSR count). The van der Waals surface area contributed by atoms with Gasteiger partial charge in [-0.2, -0.15) is 0 Å². The van der Waals surface area contributed by atoms with Gasteiger partial charge in [-0.05, 0) is 18.2 Å². The molecule has 1 aliphatic rings. The average Bonchev–Trinajstić information content (AvgIpc) is 3.25. The molecule has 1 aromatic heterocycles. The summed E-state index contributed by atoms with van der Waals surface area (Å²) in [5.41, 5.74) is 3.62. The average molecular weight is 324 g/mol. The van der Waals surface area contributed by atoms with Gasteiger partial charge in [0, 0.05) is 22.9 Å². The molecule has 0 saturated carbocycles. The summed E-state index contributed by atoms with van der Waals surface area (Å²) in [6, 6.07) is 15.6. The van der Waals surface area contributed by atoms with Gasteiger partial charge in [-0.1, -0.05) is 30.3 Å². The van der Waals surface area contributed by atoms with Crippen LogP contribution in [0.3, 0.4) is 0 Å². The first-order valence-corrected chi connectivity index (χ1v) is 8.62. The van der Waals surface area contributed by atoms with Crippen molar-refractivity contribution in [2.45, 2.75) is 6.04 Å². The van der Waals surface area contributed by atoms with Crippen molar-refractivity contribution >= 4 is 34.4 Å². The second-order valence-electron chi connectivity index (χ2n) is 5.44. The number of nitrogens with one attached hydrogen (secondary N) is 3. The van der Waals surface area contributed by atoms with Crippen LogP contribution >= 0.6 is 11.8 Å². The number of anilines is 1. The van der Waals surface area contributed by atoms with Crippen molar-refractivity contribution in [2.24, 2.45) is 0 Å². The fourth-order valence-electron chi connectivity index (χ4n) is 2.61. The lowest BCUT2D eigenvalue weighted by Crippen LogP contribution is -2.37. The molecule has 2 aromatic carbocycles. The van der Waals surface area contributed by atoms with Gasteiger partial charge in [0.15, 0.2) is 0 Å². The van der Waals surface area contributed by atoms with Crippen LogP contribution in [0.4, 0.5) is 5.69 Å². The first kappa shape index (κ1) is 14.3. The number of carbonyl (C=O) groups excluding carboxylic acids is 1. The Hall–Kier alpha value is -2.31. The molecular weight excluding hydrogens is 308 g/mol. The van der Waals surface area contributed by atoms with Crippen LogP contribution in [0.15, 0.2) is 48.5 Å². The maximum absolute atomic E-state index is 12.2. The molecule has 3 N–H and O–H groups in total. The van der Waals surface area contributed by atoms with Crippen LogP contribution in [0.2, 0.25) is 0 Å². The molecule has 1 saturated heterocycles. The number of carbonyl (C=O) groups is 1. The molecule has 6 heteroatoms. The maximum atomic E-state index is 12.2. The van der Waals surface area contributed by atoms with E-state index in [1.807, 2.05) is 48.5 Å². The summed E-state index contributed by atoms with van der Waals surface area (Å²) >= 11 is 1.74. The number of hydrogen-bond donors (Lipinski definition) is 3. The van der Waals surface area contributed by atoms with Crippen molar-refractivity contribution in [1.82, 2.24) is 15.3 Å². The number of hydrogen-bond acceptors (Lipinski definition) is 4. The van der Waals surface area contributed by atoms with Gasteiger partial charge in [-0.15, -0.1) is 11.8 Å². The van der Waals surface area contributed by atoms with Gasteiger partial charge >= 0.3 is 0 Å². The highest BCUT2D eigenvalue weighted by Gasteiger charge is 2.22. The van der Waals surface area contributed by atoms with Gasteiger partial charge in [-0.3, -0.25) is 10.1 Å². The molecule has 0 aliphatic carbocycles. The first-order valence-electron chi connectivity index (χ1n) is 7.47. The quantitative estimate of drug-likeness (QED) is 0.693. The molecule has 0 radical (unpaired) electrons. The molecule has 0 spiro atoms. The Kier molecular flexibility index (Phi) is 3.77. The van der Waals surface area contributed by atoms with Crippen LogP contribution in [0.5, 0.6) is 0 Å². The molecular formula is C17H16N4OS. The molecule has 3 aromatic rings. The zero-order valence-corrected chi connectivity index (χ0v) is 13.2. The van der Waals surface area contributed by atoms with Crippen molar-refractivity contribution < 1.29 is 4.79 Å². The highest BCUT2D eigenvalue weighted by Crippen LogP contribution is 2.23. The number of nitrogens with zero attached hydrogens (tertiary/aromatic N) is 1. The largest absolute Gasteiger partial charge is 0.338 e. The van der Waals surface area contributed by atoms with Gasteiger partial charge < -0.3 is 10.3 Å². The molecule has 2 heterocycles. The van der Waals surface area contributed by atoms with Gasteiger partial charge in [0.05, 0.1) is 17.1 Å². The van der Waals surface area contributed by atoms with E-state index in [2.05, 4.69) is 20.6 Å². The van der Waals surface area contributed by atoms with Gasteiger partial charge in [0.25, 0.3) is 0 Å². The Morgan fingerprint density at radius 3 is 2.87 bits per heavy atom. The number of aromatic amines is 1. The predicted molar refractivity (Wildman–Crippen MR) is 94.4 cm³/mol. The minimum atomic E-state index is -0.114. The summed E-state index contributed by atoms with van der Waals surface area (Å²) in [5, 5.41) is 6.13. The fourth-order valence-corrected chi connectivity index (χ4v) is 3.55. The summed E-state index contributed by atoms with van der Waals surface area (Å²) in [7, 11) is 0. The molecule has 0 bridgehead atoms. The lowest BCUT2D eigenvalue weighted by atomic mass is 10.2. The Morgan fingerprint density at radius 1 is 1.22 bits per heavy atom. The Bertz CT molecular complexity index is 840. The molecule has 5 nitrogen and oxygen atoms in total. The lowest BCUT2D eigenvalue weighted by Gasteiger charge is -2.10. The van der Waals surface area contributed by atoms with Gasteiger partial charge in [-0.25, -0.2) is 4.98 Å². The number of benzene rings is 2. The molecule has 1 aliphatic heterocycles. The van der Waals surface area contributed by atoms with Crippen LogP contribution in [0.1, 0.15) is 0 Å². The smallest absolute Gasteiger partial charge is 0.242 e. The van der Waals surface area contributed by atoms with Crippen LogP contribution in [0, 0.1) is 0 Å². The maximum Gasteiger partial charge on any atom is 0.242 e. The fraction of sp³-hybridized carbons (Fsp3) is 0.176.